The summed E-state index contributed by atoms with van der Waals surface area (Å²) in [5, 5.41) is 4.07. The Morgan fingerprint density at radius 2 is 1.79 bits per heavy atom. The molecule has 1 aromatic carbocycles. The first-order chi connectivity index (χ1) is 13.7. The van der Waals surface area contributed by atoms with Crippen LogP contribution in [-0.4, -0.2) is 83.4 Å². The molecule has 0 unspecified atom stereocenters. The van der Waals surface area contributed by atoms with Crippen molar-refractivity contribution in [3.05, 3.63) is 48.8 Å². The molecule has 1 atom stereocenters. The Hall–Kier alpha value is -2.87. The van der Waals surface area contributed by atoms with E-state index in [0.717, 1.165) is 13.1 Å². The van der Waals surface area contributed by atoms with Gasteiger partial charge in [-0.1, -0.05) is 18.2 Å². The summed E-state index contributed by atoms with van der Waals surface area (Å²) in [7, 11) is 0. The van der Waals surface area contributed by atoms with Crippen molar-refractivity contribution >= 4 is 17.5 Å². The summed E-state index contributed by atoms with van der Waals surface area (Å²) in [5.74, 6) is -0.0667. The van der Waals surface area contributed by atoms with Crippen LogP contribution >= 0.6 is 0 Å². The van der Waals surface area contributed by atoms with Gasteiger partial charge in [0.1, 0.15) is 6.54 Å². The number of amides is 2. The van der Waals surface area contributed by atoms with Gasteiger partial charge in [-0.15, -0.1) is 0 Å². The minimum atomic E-state index is -0.585. The van der Waals surface area contributed by atoms with Crippen LogP contribution in [0.2, 0.25) is 0 Å². The molecular formula is C20H25N5O3. The van der Waals surface area contributed by atoms with Crippen LogP contribution in [0.4, 0.5) is 5.69 Å². The van der Waals surface area contributed by atoms with E-state index in [1.165, 1.54) is 5.69 Å². The number of piperazine rings is 1. The predicted octanol–water partition coefficient (Wildman–Crippen LogP) is 0.459. The van der Waals surface area contributed by atoms with E-state index in [0.29, 0.717) is 32.8 Å². The Labute approximate surface area is 164 Å². The van der Waals surface area contributed by atoms with Crippen LogP contribution in [0.15, 0.2) is 48.8 Å². The molecule has 8 nitrogen and oxygen atoms in total. The summed E-state index contributed by atoms with van der Waals surface area (Å²) in [6, 6.07) is 12.0. The average molecular weight is 383 g/mol. The fraction of sp³-hybridized carbons (Fsp3) is 0.450. The van der Waals surface area contributed by atoms with Crippen LogP contribution in [0.3, 0.4) is 0 Å². The molecule has 28 heavy (non-hydrogen) atoms. The van der Waals surface area contributed by atoms with E-state index in [1.807, 2.05) is 23.1 Å². The predicted molar refractivity (Wildman–Crippen MR) is 104 cm³/mol. The molecule has 8 heteroatoms. The fourth-order valence-corrected chi connectivity index (χ4v) is 3.69. The quantitative estimate of drug-likeness (QED) is 0.767. The van der Waals surface area contributed by atoms with Gasteiger partial charge in [-0.3, -0.25) is 14.3 Å². The highest BCUT2D eigenvalue weighted by Crippen LogP contribution is 2.17. The summed E-state index contributed by atoms with van der Waals surface area (Å²) in [4.78, 5) is 31.2. The maximum atomic E-state index is 12.9. The van der Waals surface area contributed by atoms with Crippen LogP contribution in [0.1, 0.15) is 0 Å². The van der Waals surface area contributed by atoms with Crippen molar-refractivity contribution in [2.45, 2.75) is 12.6 Å². The van der Waals surface area contributed by atoms with Crippen molar-refractivity contribution in [2.24, 2.45) is 0 Å². The molecule has 0 radical (unpaired) electrons. The molecular weight excluding hydrogens is 358 g/mol. The lowest BCUT2D eigenvalue weighted by Gasteiger charge is -2.39. The maximum absolute atomic E-state index is 12.9. The molecule has 2 saturated heterocycles. The lowest BCUT2D eigenvalue weighted by atomic mass is 10.2. The molecule has 2 aliphatic rings. The van der Waals surface area contributed by atoms with E-state index in [1.54, 1.807) is 28.0 Å². The zero-order valence-corrected chi connectivity index (χ0v) is 15.8. The molecule has 4 rings (SSSR count). The van der Waals surface area contributed by atoms with Crippen molar-refractivity contribution in [2.75, 3.05) is 50.8 Å². The number of hydrogen-bond donors (Lipinski definition) is 0. The second-order valence-electron chi connectivity index (χ2n) is 7.05. The normalized spacial score (nSPS) is 20.3. The van der Waals surface area contributed by atoms with Gasteiger partial charge < -0.3 is 19.4 Å². The summed E-state index contributed by atoms with van der Waals surface area (Å²) < 4.78 is 7.29. The van der Waals surface area contributed by atoms with Gasteiger partial charge in [0, 0.05) is 50.8 Å². The topological polar surface area (TPSA) is 70.9 Å². The Morgan fingerprint density at radius 1 is 1.00 bits per heavy atom. The zero-order valence-electron chi connectivity index (χ0n) is 15.8. The molecule has 2 aliphatic heterocycles. The Bertz CT molecular complexity index is 787. The van der Waals surface area contributed by atoms with Crippen molar-refractivity contribution < 1.29 is 14.3 Å². The monoisotopic (exact) mass is 383 g/mol. The first-order valence-corrected chi connectivity index (χ1v) is 9.66. The number of anilines is 1. The number of morpholine rings is 1. The largest absolute Gasteiger partial charge is 0.368 e. The Balaban J connectivity index is 1.30. The third-order valence-electron chi connectivity index (χ3n) is 5.26. The number of hydrogen-bond acceptors (Lipinski definition) is 5. The number of carbonyl (C=O) groups excluding carboxylic acids is 2. The fourth-order valence-electron chi connectivity index (χ4n) is 3.69. The van der Waals surface area contributed by atoms with E-state index in [9.17, 15) is 9.59 Å². The molecule has 0 spiro atoms. The smallest absolute Gasteiger partial charge is 0.253 e. The van der Waals surface area contributed by atoms with Gasteiger partial charge in [0.25, 0.3) is 5.91 Å². The molecule has 0 aliphatic carbocycles. The van der Waals surface area contributed by atoms with Gasteiger partial charge in [0.05, 0.1) is 13.2 Å². The highest BCUT2D eigenvalue weighted by atomic mass is 16.5. The molecule has 0 saturated carbocycles. The van der Waals surface area contributed by atoms with E-state index >= 15 is 0 Å². The lowest BCUT2D eigenvalue weighted by molar-refractivity contribution is -0.154. The third kappa shape index (κ3) is 4.17. The van der Waals surface area contributed by atoms with Crippen molar-refractivity contribution in [3.8, 4) is 0 Å². The van der Waals surface area contributed by atoms with E-state index in [2.05, 4.69) is 22.1 Å². The van der Waals surface area contributed by atoms with E-state index < -0.39 is 6.10 Å². The number of nitrogens with zero attached hydrogens (tertiary/aromatic N) is 5. The first kappa shape index (κ1) is 18.5. The number of aromatic nitrogens is 2. The summed E-state index contributed by atoms with van der Waals surface area (Å²) >= 11 is 0. The molecule has 0 bridgehead atoms. The number of benzene rings is 1. The Kier molecular flexibility index (Phi) is 5.57. The number of carbonyl (C=O) groups is 2. The minimum absolute atomic E-state index is 0.0238. The van der Waals surface area contributed by atoms with Crippen LogP contribution in [0.25, 0.3) is 0 Å². The van der Waals surface area contributed by atoms with Crippen molar-refractivity contribution in [1.82, 2.24) is 19.6 Å². The maximum Gasteiger partial charge on any atom is 0.253 e. The molecule has 2 aromatic rings. The highest BCUT2D eigenvalue weighted by Gasteiger charge is 2.33. The van der Waals surface area contributed by atoms with Crippen LogP contribution in [-0.2, 0) is 20.9 Å². The number of rotatable bonds is 4. The molecule has 2 fully saturated rings. The summed E-state index contributed by atoms with van der Waals surface area (Å²) in [6.45, 7) is 4.29. The molecule has 1 aromatic heterocycles. The first-order valence-electron chi connectivity index (χ1n) is 9.66. The zero-order chi connectivity index (χ0) is 19.3. The van der Waals surface area contributed by atoms with Crippen molar-refractivity contribution in [1.29, 1.82) is 0 Å². The highest BCUT2D eigenvalue weighted by molar-refractivity contribution is 5.83. The van der Waals surface area contributed by atoms with Crippen molar-refractivity contribution in [3.63, 3.8) is 0 Å². The van der Waals surface area contributed by atoms with Gasteiger partial charge in [-0.25, -0.2) is 0 Å². The van der Waals surface area contributed by atoms with E-state index in [-0.39, 0.29) is 18.4 Å². The SMILES string of the molecule is O=C(Cn1cccn1)N1CCO[C@H](C(=O)N2CCN(c3ccccc3)CC2)C1. The van der Waals surface area contributed by atoms with Crippen LogP contribution in [0, 0.1) is 0 Å². The third-order valence-corrected chi connectivity index (χ3v) is 5.26. The molecule has 2 amide bonds. The molecule has 0 N–H and O–H groups in total. The van der Waals surface area contributed by atoms with Gasteiger partial charge >= 0.3 is 0 Å². The lowest BCUT2D eigenvalue weighted by Crippen LogP contribution is -2.56. The second-order valence-corrected chi connectivity index (χ2v) is 7.05. The van der Waals surface area contributed by atoms with Gasteiger partial charge in [0.2, 0.25) is 5.91 Å². The number of para-hydroxylation sites is 1. The van der Waals surface area contributed by atoms with E-state index in [4.69, 9.17) is 4.74 Å². The Morgan fingerprint density at radius 3 is 2.50 bits per heavy atom. The average Bonchev–Trinajstić information content (AvgIpc) is 3.27. The number of ether oxygens (including phenoxy) is 1. The minimum Gasteiger partial charge on any atom is -0.368 e. The van der Waals surface area contributed by atoms with Crippen LogP contribution < -0.4 is 4.90 Å². The van der Waals surface area contributed by atoms with Gasteiger partial charge in [-0.05, 0) is 18.2 Å². The van der Waals surface area contributed by atoms with Crippen LogP contribution in [0.5, 0.6) is 0 Å². The molecule has 148 valence electrons. The molecule has 3 heterocycles. The van der Waals surface area contributed by atoms with Gasteiger partial charge in [0.15, 0.2) is 6.10 Å². The summed E-state index contributed by atoms with van der Waals surface area (Å²) in [5.41, 5.74) is 1.18. The standard InChI is InChI=1S/C20H25N5O3/c26-19(16-25-8-4-7-21-25)24-13-14-28-18(15-24)20(27)23-11-9-22(10-12-23)17-5-2-1-3-6-17/h1-8,18H,9-16H2/t18-/m0/s1. The van der Waals surface area contributed by atoms with Gasteiger partial charge in [-0.2, -0.15) is 5.10 Å². The second kappa shape index (κ2) is 8.43. The summed E-state index contributed by atoms with van der Waals surface area (Å²) in [6.07, 6.45) is 2.82.